The van der Waals surface area contributed by atoms with Crippen LogP contribution in [0.2, 0.25) is 0 Å². The zero-order valence-corrected chi connectivity index (χ0v) is 24.4. The van der Waals surface area contributed by atoms with E-state index >= 15 is 0 Å². The smallest absolute Gasteiger partial charge is 0.223 e. The molecule has 0 spiro atoms. The van der Waals surface area contributed by atoms with Crippen molar-refractivity contribution < 1.29 is 9.59 Å². The SMILES string of the molecule is CCCCCCCC/C=C\CCCCCCCC(=O)N1C/C(=C\c2ccncc2)C(=O)/C(=C/c2ccncc2)C1. The van der Waals surface area contributed by atoms with Gasteiger partial charge in [-0.05, 0) is 79.6 Å². The first-order valence-electron chi connectivity index (χ1n) is 15.4. The molecule has 1 aliphatic heterocycles. The lowest BCUT2D eigenvalue weighted by Gasteiger charge is -2.30. The topological polar surface area (TPSA) is 63.2 Å². The van der Waals surface area contributed by atoms with Crippen molar-refractivity contribution in [3.63, 3.8) is 0 Å². The van der Waals surface area contributed by atoms with E-state index in [2.05, 4.69) is 29.0 Å². The molecular formula is C35H47N3O2. The van der Waals surface area contributed by atoms with Crippen molar-refractivity contribution >= 4 is 23.8 Å². The van der Waals surface area contributed by atoms with Crippen LogP contribution in [0.3, 0.4) is 0 Å². The second kappa shape index (κ2) is 18.9. The fraction of sp³-hybridized carbons (Fsp3) is 0.486. The summed E-state index contributed by atoms with van der Waals surface area (Å²) >= 11 is 0. The Kier molecular flexibility index (Phi) is 14.7. The minimum absolute atomic E-state index is 0.00121. The van der Waals surface area contributed by atoms with E-state index in [0.29, 0.717) is 30.7 Å². The number of ketones is 1. The molecule has 0 unspecified atom stereocenters. The molecule has 1 aliphatic rings. The van der Waals surface area contributed by atoms with E-state index in [1.54, 1.807) is 24.8 Å². The molecule has 2 aromatic heterocycles. The lowest BCUT2D eigenvalue weighted by molar-refractivity contribution is -0.131. The van der Waals surface area contributed by atoms with Gasteiger partial charge in [0.15, 0.2) is 5.78 Å². The molecule has 3 heterocycles. The van der Waals surface area contributed by atoms with Gasteiger partial charge in [-0.3, -0.25) is 19.6 Å². The highest BCUT2D eigenvalue weighted by Crippen LogP contribution is 2.23. The lowest BCUT2D eigenvalue weighted by atomic mass is 9.94. The summed E-state index contributed by atoms with van der Waals surface area (Å²) in [5, 5.41) is 0. The number of nitrogens with zero attached hydrogens (tertiary/aromatic N) is 3. The summed E-state index contributed by atoms with van der Waals surface area (Å²) in [6, 6.07) is 7.49. The van der Waals surface area contributed by atoms with Gasteiger partial charge in [-0.1, -0.05) is 70.4 Å². The van der Waals surface area contributed by atoms with Crippen molar-refractivity contribution in [3.05, 3.63) is 83.5 Å². The molecule has 1 amide bonds. The number of unbranched alkanes of at least 4 members (excludes halogenated alkanes) is 11. The Labute approximate surface area is 241 Å². The normalized spacial score (nSPS) is 15.9. The van der Waals surface area contributed by atoms with Gasteiger partial charge in [-0.15, -0.1) is 0 Å². The number of carbonyl (C=O) groups excluding carboxylic acids is 2. The van der Waals surface area contributed by atoms with Gasteiger partial charge in [0.05, 0.1) is 0 Å². The van der Waals surface area contributed by atoms with Gasteiger partial charge in [0, 0.05) is 55.4 Å². The largest absolute Gasteiger partial charge is 0.334 e. The lowest BCUT2D eigenvalue weighted by Crippen LogP contribution is -2.41. The molecule has 0 atom stereocenters. The van der Waals surface area contributed by atoms with Gasteiger partial charge in [0.25, 0.3) is 0 Å². The van der Waals surface area contributed by atoms with Crippen molar-refractivity contribution in [1.29, 1.82) is 0 Å². The van der Waals surface area contributed by atoms with Crippen molar-refractivity contribution in [1.82, 2.24) is 14.9 Å². The van der Waals surface area contributed by atoms with Gasteiger partial charge in [0.2, 0.25) is 5.91 Å². The van der Waals surface area contributed by atoms with Gasteiger partial charge in [0.1, 0.15) is 0 Å². The van der Waals surface area contributed by atoms with Gasteiger partial charge >= 0.3 is 0 Å². The van der Waals surface area contributed by atoms with Crippen LogP contribution in [0, 0.1) is 0 Å². The minimum atomic E-state index is -0.00121. The van der Waals surface area contributed by atoms with Crippen LogP contribution < -0.4 is 0 Å². The van der Waals surface area contributed by atoms with Crippen molar-refractivity contribution in [2.45, 2.75) is 96.8 Å². The fourth-order valence-electron chi connectivity index (χ4n) is 5.04. The molecule has 0 radical (unpaired) electrons. The second-order valence-electron chi connectivity index (χ2n) is 10.8. The van der Waals surface area contributed by atoms with E-state index < -0.39 is 0 Å². The molecule has 0 N–H and O–H groups in total. The monoisotopic (exact) mass is 541 g/mol. The van der Waals surface area contributed by atoms with E-state index in [9.17, 15) is 9.59 Å². The van der Waals surface area contributed by atoms with Crippen LogP contribution in [-0.4, -0.2) is 39.6 Å². The molecule has 214 valence electrons. The maximum atomic E-state index is 13.3. The van der Waals surface area contributed by atoms with E-state index in [4.69, 9.17) is 0 Å². The number of Topliss-reactive ketones (excluding diaryl/α,β-unsaturated/α-hetero) is 1. The first-order chi connectivity index (χ1) is 19.7. The Morgan fingerprint density at radius 3 is 1.65 bits per heavy atom. The molecule has 40 heavy (non-hydrogen) atoms. The maximum absolute atomic E-state index is 13.3. The molecule has 5 heteroatoms. The number of carbonyl (C=O) groups is 2. The highest BCUT2D eigenvalue weighted by Gasteiger charge is 2.28. The highest BCUT2D eigenvalue weighted by molar-refractivity contribution is 6.15. The van der Waals surface area contributed by atoms with Gasteiger partial charge < -0.3 is 4.90 Å². The molecule has 3 rings (SSSR count). The average molecular weight is 542 g/mol. The number of hydrogen-bond donors (Lipinski definition) is 0. The quantitative estimate of drug-likeness (QED) is 0.115. The maximum Gasteiger partial charge on any atom is 0.223 e. The predicted molar refractivity (Wildman–Crippen MR) is 165 cm³/mol. The number of aromatic nitrogens is 2. The minimum Gasteiger partial charge on any atom is -0.334 e. The number of hydrogen-bond acceptors (Lipinski definition) is 4. The second-order valence-corrected chi connectivity index (χ2v) is 10.8. The molecule has 0 aliphatic carbocycles. The Morgan fingerprint density at radius 1 is 0.700 bits per heavy atom. The zero-order chi connectivity index (χ0) is 28.3. The summed E-state index contributed by atoms with van der Waals surface area (Å²) in [6.07, 6.45) is 31.9. The predicted octanol–water partition coefficient (Wildman–Crippen LogP) is 8.39. The average Bonchev–Trinajstić information content (AvgIpc) is 2.98. The fourth-order valence-corrected chi connectivity index (χ4v) is 5.04. The van der Waals surface area contributed by atoms with E-state index in [1.807, 2.05) is 41.3 Å². The Bertz CT molecular complexity index is 1040. The molecule has 1 saturated heterocycles. The first kappa shape index (κ1) is 31.2. The van der Waals surface area contributed by atoms with Crippen LogP contribution in [0.5, 0.6) is 0 Å². The molecule has 0 bridgehead atoms. The van der Waals surface area contributed by atoms with Crippen LogP contribution in [-0.2, 0) is 9.59 Å². The Hall–Kier alpha value is -3.34. The number of piperidine rings is 1. The summed E-state index contributed by atoms with van der Waals surface area (Å²) in [6.45, 7) is 2.96. The summed E-state index contributed by atoms with van der Waals surface area (Å²) in [5.41, 5.74) is 3.09. The van der Waals surface area contributed by atoms with Crippen LogP contribution in [0.4, 0.5) is 0 Å². The third kappa shape index (κ3) is 11.8. The first-order valence-corrected chi connectivity index (χ1v) is 15.4. The van der Waals surface area contributed by atoms with E-state index in [1.165, 1.54) is 57.8 Å². The summed E-state index contributed by atoms with van der Waals surface area (Å²) in [4.78, 5) is 36.4. The number of amides is 1. The third-order valence-corrected chi connectivity index (χ3v) is 7.40. The molecule has 0 aromatic carbocycles. The van der Waals surface area contributed by atoms with Gasteiger partial charge in [-0.2, -0.15) is 0 Å². The van der Waals surface area contributed by atoms with Crippen LogP contribution >= 0.6 is 0 Å². The van der Waals surface area contributed by atoms with Crippen LogP contribution in [0.1, 0.15) is 108 Å². The molecule has 0 saturated carbocycles. The number of likely N-dealkylation sites (tertiary alicyclic amines) is 1. The number of allylic oxidation sites excluding steroid dienone is 2. The third-order valence-electron chi connectivity index (χ3n) is 7.40. The van der Waals surface area contributed by atoms with Crippen LogP contribution in [0.25, 0.3) is 12.2 Å². The van der Waals surface area contributed by atoms with Crippen molar-refractivity contribution in [2.75, 3.05) is 13.1 Å². The van der Waals surface area contributed by atoms with Gasteiger partial charge in [-0.25, -0.2) is 0 Å². The van der Waals surface area contributed by atoms with Crippen molar-refractivity contribution in [2.24, 2.45) is 0 Å². The molecular weight excluding hydrogens is 494 g/mol. The standard InChI is InChI=1S/C35H47N3O2/c1-2-3-4-5-6-7-8-9-10-11-12-13-14-15-16-17-34(39)38-28-32(26-30-18-22-36-23-19-30)35(40)33(29-38)27-31-20-24-37-25-21-31/h9-10,18-27H,2-8,11-17,28-29H2,1H3/b10-9-,32-26+,33-27+. The number of rotatable bonds is 17. The summed E-state index contributed by atoms with van der Waals surface area (Å²) < 4.78 is 0. The van der Waals surface area contributed by atoms with E-state index in [0.717, 1.165) is 36.8 Å². The van der Waals surface area contributed by atoms with Crippen LogP contribution in [0.15, 0.2) is 72.4 Å². The summed E-state index contributed by atoms with van der Waals surface area (Å²) in [5.74, 6) is 0.116. The molecule has 1 fully saturated rings. The number of pyridine rings is 2. The Morgan fingerprint density at radius 2 is 1.15 bits per heavy atom. The summed E-state index contributed by atoms with van der Waals surface area (Å²) in [7, 11) is 0. The Balaban J connectivity index is 1.41. The van der Waals surface area contributed by atoms with Crippen molar-refractivity contribution in [3.8, 4) is 0 Å². The highest BCUT2D eigenvalue weighted by atomic mass is 16.2. The molecule has 2 aromatic rings. The molecule has 5 nitrogen and oxygen atoms in total. The van der Waals surface area contributed by atoms with E-state index in [-0.39, 0.29) is 11.7 Å². The zero-order valence-electron chi connectivity index (χ0n) is 24.4.